The molecule has 2 rings (SSSR count). The molecule has 5 heteroatoms. The Labute approximate surface area is 120 Å². The molecule has 0 unspecified atom stereocenters. The first-order valence-electron chi connectivity index (χ1n) is 6.85. The molecule has 0 atom stereocenters. The van der Waals surface area contributed by atoms with E-state index in [1.54, 1.807) is 0 Å². The molecule has 3 nitrogen and oxygen atoms in total. The molecule has 2 heterocycles. The Morgan fingerprint density at radius 2 is 1.94 bits per heavy atom. The Hall–Kier alpha value is -0.260. The van der Waals surface area contributed by atoms with E-state index in [1.165, 1.54) is 15.7 Å². The quantitative estimate of drug-likeness (QED) is 0.840. The van der Waals surface area contributed by atoms with Crippen LogP contribution in [-0.4, -0.2) is 42.6 Å². The lowest BCUT2D eigenvalue weighted by atomic mass is 10.2. The molecule has 0 aliphatic carbocycles. The number of likely N-dealkylation sites (N-methyl/N-ethyl adjacent to an activating group) is 1. The summed E-state index contributed by atoms with van der Waals surface area (Å²) in [6.45, 7) is 10.1. The molecule has 0 radical (unpaired) electrons. The number of anilines is 1. The van der Waals surface area contributed by atoms with E-state index in [0.717, 1.165) is 51.3 Å². The van der Waals surface area contributed by atoms with Gasteiger partial charge in [-0.15, -0.1) is 11.3 Å². The minimum absolute atomic E-state index is 0.821. The van der Waals surface area contributed by atoms with Crippen molar-refractivity contribution in [3.05, 3.63) is 10.6 Å². The summed E-state index contributed by atoms with van der Waals surface area (Å²) >= 11 is 6.26. The number of piperazine rings is 1. The monoisotopic (exact) mass is 285 g/mol. The van der Waals surface area contributed by atoms with E-state index in [-0.39, 0.29) is 0 Å². The lowest BCUT2D eigenvalue weighted by Gasteiger charge is -2.33. The van der Waals surface area contributed by atoms with Crippen LogP contribution in [0.1, 0.15) is 30.8 Å². The number of aromatic nitrogens is 1. The molecule has 0 amide bonds. The van der Waals surface area contributed by atoms with Gasteiger partial charge in [0, 0.05) is 36.8 Å². The zero-order chi connectivity index (χ0) is 13.0. The molecule has 102 valence electrons. The van der Waals surface area contributed by atoms with Gasteiger partial charge in [0.05, 0.1) is 5.69 Å². The molecule has 1 saturated heterocycles. The predicted octanol–water partition coefficient (Wildman–Crippen LogP) is 2.67. The van der Waals surface area contributed by atoms with Gasteiger partial charge in [0.2, 0.25) is 0 Å². The summed E-state index contributed by atoms with van der Waals surface area (Å²) in [6.07, 6.45) is 2.24. The second-order valence-electron chi connectivity index (χ2n) is 4.70. The fraction of sp³-hybridized carbons (Fsp3) is 0.769. The van der Waals surface area contributed by atoms with E-state index in [4.69, 9.17) is 4.98 Å². The lowest BCUT2D eigenvalue weighted by Crippen LogP contribution is -2.46. The van der Waals surface area contributed by atoms with Crippen LogP contribution in [0.4, 0.5) is 5.13 Å². The maximum absolute atomic E-state index is 4.82. The minimum atomic E-state index is 0.821. The van der Waals surface area contributed by atoms with Crippen LogP contribution in [0.3, 0.4) is 0 Å². The van der Waals surface area contributed by atoms with Crippen molar-refractivity contribution >= 4 is 29.1 Å². The number of thiazole rings is 1. The fourth-order valence-corrected chi connectivity index (χ4v) is 3.71. The summed E-state index contributed by atoms with van der Waals surface area (Å²) in [5.74, 6) is 0.821. The van der Waals surface area contributed by atoms with Gasteiger partial charge in [-0.25, -0.2) is 4.98 Å². The SMILES string of the molecule is CCCc1nc(N2CCN(CC)CC2)sc1CS. The maximum atomic E-state index is 4.82. The van der Waals surface area contributed by atoms with E-state index >= 15 is 0 Å². The molecule has 1 aliphatic rings. The van der Waals surface area contributed by atoms with Gasteiger partial charge in [0.15, 0.2) is 5.13 Å². The van der Waals surface area contributed by atoms with Crippen LogP contribution in [-0.2, 0) is 12.2 Å². The first kappa shape index (κ1) is 14.2. The fourth-order valence-electron chi connectivity index (χ4n) is 2.32. The molecule has 18 heavy (non-hydrogen) atoms. The zero-order valence-corrected chi connectivity index (χ0v) is 13.1. The van der Waals surface area contributed by atoms with Gasteiger partial charge in [-0.3, -0.25) is 0 Å². The number of hydrogen-bond donors (Lipinski definition) is 1. The molecule has 0 aromatic carbocycles. The van der Waals surface area contributed by atoms with Gasteiger partial charge < -0.3 is 9.80 Å². The molecular formula is C13H23N3S2. The van der Waals surface area contributed by atoms with Crippen LogP contribution < -0.4 is 4.90 Å². The van der Waals surface area contributed by atoms with Crippen LogP contribution in [0.15, 0.2) is 0 Å². The van der Waals surface area contributed by atoms with E-state index in [2.05, 4.69) is 36.3 Å². The van der Waals surface area contributed by atoms with E-state index < -0.39 is 0 Å². The second-order valence-corrected chi connectivity index (χ2v) is 6.07. The molecule has 0 saturated carbocycles. The van der Waals surface area contributed by atoms with Crippen molar-refractivity contribution < 1.29 is 0 Å². The zero-order valence-electron chi connectivity index (χ0n) is 11.4. The summed E-state index contributed by atoms with van der Waals surface area (Å²) in [6, 6.07) is 0. The Morgan fingerprint density at radius 3 is 2.50 bits per heavy atom. The third-order valence-corrected chi connectivity index (χ3v) is 5.18. The average Bonchev–Trinajstić information content (AvgIpc) is 2.82. The van der Waals surface area contributed by atoms with Crippen LogP contribution in [0.2, 0.25) is 0 Å². The normalized spacial score (nSPS) is 17.4. The molecule has 1 fully saturated rings. The highest BCUT2D eigenvalue weighted by Crippen LogP contribution is 2.29. The number of thiol groups is 1. The topological polar surface area (TPSA) is 19.4 Å². The number of aryl methyl sites for hydroxylation is 1. The highest BCUT2D eigenvalue weighted by Gasteiger charge is 2.20. The lowest BCUT2D eigenvalue weighted by molar-refractivity contribution is 0.271. The van der Waals surface area contributed by atoms with Crippen molar-refractivity contribution in [1.82, 2.24) is 9.88 Å². The first-order chi connectivity index (χ1) is 8.78. The maximum Gasteiger partial charge on any atom is 0.185 e. The predicted molar refractivity (Wildman–Crippen MR) is 83.1 cm³/mol. The highest BCUT2D eigenvalue weighted by molar-refractivity contribution is 7.79. The van der Waals surface area contributed by atoms with E-state index in [0.29, 0.717) is 0 Å². The van der Waals surface area contributed by atoms with Crippen molar-refractivity contribution in [3.8, 4) is 0 Å². The summed E-state index contributed by atoms with van der Waals surface area (Å²) in [5.41, 5.74) is 1.27. The third-order valence-electron chi connectivity index (χ3n) is 3.49. The molecule has 0 N–H and O–H groups in total. The Bertz CT molecular complexity index is 370. The minimum Gasteiger partial charge on any atom is -0.346 e. The number of nitrogens with zero attached hydrogens (tertiary/aromatic N) is 3. The van der Waals surface area contributed by atoms with Crippen LogP contribution >= 0.6 is 24.0 Å². The number of rotatable bonds is 5. The van der Waals surface area contributed by atoms with Gasteiger partial charge in [-0.2, -0.15) is 12.6 Å². The molecular weight excluding hydrogens is 262 g/mol. The van der Waals surface area contributed by atoms with Crippen LogP contribution in [0.5, 0.6) is 0 Å². The smallest absolute Gasteiger partial charge is 0.185 e. The Morgan fingerprint density at radius 1 is 1.22 bits per heavy atom. The van der Waals surface area contributed by atoms with Crippen molar-refractivity contribution in [2.45, 2.75) is 32.4 Å². The van der Waals surface area contributed by atoms with Crippen molar-refractivity contribution in [3.63, 3.8) is 0 Å². The Balaban J connectivity index is 2.05. The third kappa shape index (κ3) is 3.19. The van der Waals surface area contributed by atoms with Gasteiger partial charge in [0.25, 0.3) is 0 Å². The molecule has 0 bridgehead atoms. The first-order valence-corrected chi connectivity index (χ1v) is 8.30. The van der Waals surface area contributed by atoms with Crippen LogP contribution in [0, 0.1) is 0 Å². The average molecular weight is 285 g/mol. The molecule has 1 aromatic rings. The molecule has 0 spiro atoms. The van der Waals surface area contributed by atoms with E-state index in [1.807, 2.05) is 11.3 Å². The van der Waals surface area contributed by atoms with Crippen molar-refractivity contribution in [2.75, 3.05) is 37.6 Å². The highest BCUT2D eigenvalue weighted by atomic mass is 32.1. The largest absolute Gasteiger partial charge is 0.346 e. The van der Waals surface area contributed by atoms with Crippen molar-refractivity contribution in [1.29, 1.82) is 0 Å². The van der Waals surface area contributed by atoms with E-state index in [9.17, 15) is 0 Å². The Kier molecular flexibility index (Phi) is 5.33. The van der Waals surface area contributed by atoms with Crippen LogP contribution in [0.25, 0.3) is 0 Å². The van der Waals surface area contributed by atoms with Gasteiger partial charge in [-0.1, -0.05) is 20.3 Å². The van der Waals surface area contributed by atoms with Crippen molar-refractivity contribution in [2.24, 2.45) is 0 Å². The second kappa shape index (κ2) is 6.78. The standard InChI is InChI=1S/C13H23N3S2/c1-3-5-11-12(10-17)18-13(14-11)16-8-6-15(4-2)7-9-16/h17H,3-10H2,1-2H3. The summed E-state index contributed by atoms with van der Waals surface area (Å²) in [7, 11) is 0. The number of hydrogen-bond acceptors (Lipinski definition) is 5. The summed E-state index contributed by atoms with van der Waals surface area (Å²) in [5, 5.41) is 1.21. The van der Waals surface area contributed by atoms with Gasteiger partial charge in [0.1, 0.15) is 0 Å². The van der Waals surface area contributed by atoms with Gasteiger partial charge in [-0.05, 0) is 13.0 Å². The summed E-state index contributed by atoms with van der Waals surface area (Å²) in [4.78, 5) is 11.1. The molecule has 1 aromatic heterocycles. The molecule has 1 aliphatic heterocycles. The summed E-state index contributed by atoms with van der Waals surface area (Å²) < 4.78 is 0. The van der Waals surface area contributed by atoms with Gasteiger partial charge >= 0.3 is 0 Å².